The molecule has 0 aliphatic heterocycles. The van der Waals surface area contributed by atoms with Gasteiger partial charge in [-0.25, -0.2) is 9.97 Å². The second kappa shape index (κ2) is 12.8. The van der Waals surface area contributed by atoms with Crippen molar-refractivity contribution in [2.45, 2.75) is 37.4 Å². The summed E-state index contributed by atoms with van der Waals surface area (Å²) in [6.45, 7) is 4.77. The van der Waals surface area contributed by atoms with Crippen LogP contribution in [0.5, 0.6) is 0 Å². The fourth-order valence-corrected chi connectivity index (χ4v) is 3.96. The van der Waals surface area contributed by atoms with Crippen molar-refractivity contribution >= 4 is 62.6 Å². The molecule has 202 valence electrons. The molecule has 2 heterocycles. The lowest BCUT2D eigenvalue weighted by Gasteiger charge is -2.22. The number of hydrogen-bond acceptors (Lipinski definition) is 8. The number of para-hydroxylation sites is 1. The van der Waals surface area contributed by atoms with Crippen molar-refractivity contribution in [3.05, 3.63) is 70.5 Å². The molecule has 0 aliphatic rings. The van der Waals surface area contributed by atoms with E-state index in [1.54, 1.807) is 0 Å². The number of alkyl halides is 2. The first kappa shape index (κ1) is 29.1. The zero-order valence-electron chi connectivity index (χ0n) is 20.7. The molecule has 0 radical (unpaired) electrons. The number of nitrogens with two attached hydrogens (primary N) is 1. The van der Waals surface area contributed by atoms with E-state index in [0.29, 0.717) is 17.3 Å². The summed E-state index contributed by atoms with van der Waals surface area (Å²) in [6, 6.07) is 12.1. The van der Waals surface area contributed by atoms with E-state index in [0.717, 1.165) is 28.5 Å². The van der Waals surface area contributed by atoms with Gasteiger partial charge in [0.1, 0.15) is 11.6 Å². The Morgan fingerprint density at radius 2 is 1.84 bits per heavy atom. The molecular weight excluding hydrogens is 535 g/mol. The Kier molecular flexibility index (Phi) is 9.81. The van der Waals surface area contributed by atoms with Crippen LogP contribution in [0, 0.1) is 16.0 Å². The summed E-state index contributed by atoms with van der Waals surface area (Å²) in [7, 11) is 0. The highest BCUT2D eigenvalue weighted by atomic mass is 35.5. The lowest BCUT2D eigenvalue weighted by Crippen LogP contribution is -2.44. The molecule has 0 spiro atoms. The van der Waals surface area contributed by atoms with Crippen LogP contribution in [-0.4, -0.2) is 53.1 Å². The number of fused-ring (bicyclic) bond motifs is 3. The maximum atomic E-state index is 11.3. The molecular formula is C25H28Cl2N6O5. The molecule has 38 heavy (non-hydrogen) atoms. The third kappa shape index (κ3) is 6.87. The van der Waals surface area contributed by atoms with Crippen molar-refractivity contribution in [2.24, 2.45) is 5.92 Å². The van der Waals surface area contributed by atoms with E-state index in [2.05, 4.69) is 39.8 Å². The lowest BCUT2D eigenvalue weighted by molar-refractivity contribution is -0.384. The Bertz CT molecular complexity index is 1410. The van der Waals surface area contributed by atoms with E-state index in [1.807, 2.05) is 24.5 Å². The van der Waals surface area contributed by atoms with Gasteiger partial charge in [0.15, 0.2) is 10.7 Å². The molecule has 2 aromatic carbocycles. The number of rotatable bonds is 8. The number of aliphatic hydroxyl groups is 2. The Morgan fingerprint density at radius 1 is 1.18 bits per heavy atom. The van der Waals surface area contributed by atoms with Gasteiger partial charge in [-0.3, -0.25) is 14.9 Å². The predicted octanol–water partition coefficient (Wildman–Crippen LogP) is 3.73. The van der Waals surface area contributed by atoms with Gasteiger partial charge in [0.2, 0.25) is 0 Å². The van der Waals surface area contributed by atoms with Crippen LogP contribution < -0.4 is 11.1 Å². The molecule has 2 atom stereocenters. The number of carbonyl (C=O) groups is 1. The molecule has 0 saturated heterocycles. The lowest BCUT2D eigenvalue weighted by atomic mass is 10.0. The Balaban J connectivity index is 0.000000211. The number of benzene rings is 2. The summed E-state index contributed by atoms with van der Waals surface area (Å²) in [5.74, 6) is 0.315. The van der Waals surface area contributed by atoms with Crippen LogP contribution in [0.25, 0.3) is 21.9 Å². The maximum absolute atomic E-state index is 11.3. The number of nitro groups is 1. The largest absolute Gasteiger partial charge is 0.394 e. The molecule has 0 aliphatic carbocycles. The Labute approximate surface area is 228 Å². The first-order valence-electron chi connectivity index (χ1n) is 11.6. The number of nitrogens with one attached hydrogen (secondary N) is 1. The van der Waals surface area contributed by atoms with Gasteiger partial charge < -0.3 is 25.8 Å². The van der Waals surface area contributed by atoms with Crippen LogP contribution in [0.3, 0.4) is 0 Å². The highest BCUT2D eigenvalue weighted by Crippen LogP contribution is 2.27. The first-order chi connectivity index (χ1) is 18.0. The Morgan fingerprint density at radius 3 is 2.42 bits per heavy atom. The number of halogens is 2. The number of non-ortho nitro benzene ring substituents is 1. The third-order valence-electron chi connectivity index (χ3n) is 5.59. The number of nitrogen functional groups attached to an aromatic ring is 1. The summed E-state index contributed by atoms with van der Waals surface area (Å²) in [5, 5.41) is 33.1. The predicted molar refractivity (Wildman–Crippen MR) is 147 cm³/mol. The minimum atomic E-state index is -1.33. The molecule has 0 saturated carbocycles. The van der Waals surface area contributed by atoms with Crippen molar-refractivity contribution in [1.82, 2.24) is 19.9 Å². The topological polar surface area (TPSA) is 169 Å². The van der Waals surface area contributed by atoms with Crippen LogP contribution in [0.15, 0.2) is 54.9 Å². The number of nitrogens with zero attached hydrogens (tertiary/aromatic N) is 4. The summed E-state index contributed by atoms with van der Waals surface area (Å²) < 4.78 is 2.17. The smallest absolute Gasteiger partial charge is 0.269 e. The zero-order valence-corrected chi connectivity index (χ0v) is 22.2. The van der Waals surface area contributed by atoms with E-state index in [9.17, 15) is 20.0 Å². The second-order valence-electron chi connectivity index (χ2n) is 8.89. The molecule has 0 unspecified atom stereocenters. The van der Waals surface area contributed by atoms with E-state index in [4.69, 9.17) is 34.0 Å². The van der Waals surface area contributed by atoms with Crippen LogP contribution in [0.1, 0.15) is 25.5 Å². The van der Waals surface area contributed by atoms with Crippen molar-refractivity contribution in [3.8, 4) is 0 Å². The van der Waals surface area contributed by atoms with E-state index < -0.39 is 34.4 Å². The highest BCUT2D eigenvalue weighted by Gasteiger charge is 2.25. The number of nitro benzene ring substituents is 1. The molecule has 1 amide bonds. The first-order valence-corrected chi connectivity index (χ1v) is 12.5. The molecule has 5 N–H and O–H groups in total. The average Bonchev–Trinajstić information content (AvgIpc) is 3.31. The Hall–Kier alpha value is -3.51. The molecule has 4 aromatic rings. The van der Waals surface area contributed by atoms with Crippen LogP contribution in [0.4, 0.5) is 11.5 Å². The summed E-state index contributed by atoms with van der Waals surface area (Å²) in [6.07, 6.45) is 0.603. The average molecular weight is 563 g/mol. The van der Waals surface area contributed by atoms with Gasteiger partial charge >= 0.3 is 0 Å². The van der Waals surface area contributed by atoms with Crippen molar-refractivity contribution in [3.63, 3.8) is 0 Å². The van der Waals surface area contributed by atoms with Crippen LogP contribution in [-0.2, 0) is 11.3 Å². The summed E-state index contributed by atoms with van der Waals surface area (Å²) in [5.41, 5.74) is 8.96. The second-order valence-corrected chi connectivity index (χ2v) is 9.99. The number of aromatic nitrogens is 3. The number of amides is 1. The minimum Gasteiger partial charge on any atom is -0.394 e. The van der Waals surface area contributed by atoms with Gasteiger partial charge in [0, 0.05) is 24.1 Å². The molecule has 11 nitrogen and oxygen atoms in total. The number of pyridine rings is 1. The minimum absolute atomic E-state index is 0.132. The van der Waals surface area contributed by atoms with Gasteiger partial charge in [-0.15, -0.1) is 0 Å². The van der Waals surface area contributed by atoms with Crippen molar-refractivity contribution in [2.75, 3.05) is 12.3 Å². The normalized spacial score (nSPS) is 12.8. The molecule has 2 aromatic heterocycles. The van der Waals surface area contributed by atoms with Gasteiger partial charge in [-0.05, 0) is 29.7 Å². The van der Waals surface area contributed by atoms with E-state index >= 15 is 0 Å². The van der Waals surface area contributed by atoms with Gasteiger partial charge in [0.05, 0.1) is 34.9 Å². The van der Waals surface area contributed by atoms with Gasteiger partial charge in [-0.2, -0.15) is 0 Å². The fourth-order valence-electron chi connectivity index (χ4n) is 3.83. The number of aliphatic hydroxyl groups excluding tert-OH is 2. The molecule has 0 fully saturated rings. The fraction of sp³-hybridized carbons (Fsp3) is 0.320. The van der Waals surface area contributed by atoms with Gasteiger partial charge in [0.25, 0.3) is 11.6 Å². The molecule has 4 rings (SSSR count). The van der Waals surface area contributed by atoms with Gasteiger partial charge in [-0.1, -0.05) is 55.2 Å². The number of carbonyl (C=O) groups excluding carboxylic acids is 1. The summed E-state index contributed by atoms with van der Waals surface area (Å²) >= 11 is 10.7. The monoisotopic (exact) mass is 562 g/mol. The highest BCUT2D eigenvalue weighted by molar-refractivity contribution is 6.53. The summed E-state index contributed by atoms with van der Waals surface area (Å²) in [4.78, 5) is 28.7. The zero-order chi connectivity index (χ0) is 28.0. The number of hydrogen-bond donors (Lipinski definition) is 4. The van der Waals surface area contributed by atoms with Crippen LogP contribution in [0.2, 0.25) is 0 Å². The number of imidazole rings is 1. The SMILES string of the molecule is CC(C)Cn1cnc2c(N)nc3ccccc3c21.O=C(N[C@@H](CO)[C@@H](O)c1ccc([N+](=O)[O-])cc1)C(Cl)Cl. The molecule has 0 bridgehead atoms. The van der Waals surface area contributed by atoms with Crippen LogP contribution >= 0.6 is 23.2 Å². The van der Waals surface area contributed by atoms with Crippen molar-refractivity contribution < 1.29 is 19.9 Å². The maximum Gasteiger partial charge on any atom is 0.269 e. The van der Waals surface area contributed by atoms with Crippen molar-refractivity contribution in [1.29, 1.82) is 0 Å². The standard InChI is InChI=1S/C14H16N4.C11H12Cl2N2O5/c1-9(2)7-18-8-16-12-13(18)10-5-3-4-6-11(10)17-14(12)15;12-10(13)11(18)14-8(5-16)9(17)6-1-3-7(4-2-6)15(19)20/h3-6,8-9H,7H2,1-2H3,(H2,15,17);1-4,8-10,16-17H,5H2,(H,14,18)/t;8-,9-/m.0/s1. The van der Waals surface area contributed by atoms with E-state index in [1.165, 1.54) is 24.3 Å². The third-order valence-corrected chi connectivity index (χ3v) is 5.99. The quantitative estimate of drug-likeness (QED) is 0.143. The molecule has 13 heteroatoms. The number of anilines is 1. The van der Waals surface area contributed by atoms with E-state index in [-0.39, 0.29) is 5.69 Å².